The van der Waals surface area contributed by atoms with E-state index >= 15 is 0 Å². The Kier molecular flexibility index (Phi) is 2.33. The van der Waals surface area contributed by atoms with Crippen molar-refractivity contribution in [3.05, 3.63) is 23.3 Å². The standard InChI is InChI=1S/C8H4F3N3/c9-6-1-8(11,14)5(3-13)4(2-12)7(6)10/h1,5H,14H2. The number of allylic oxidation sites excluding steroid dienone is 2. The van der Waals surface area contributed by atoms with Gasteiger partial charge in [-0.2, -0.15) is 10.5 Å². The van der Waals surface area contributed by atoms with Crippen LogP contribution in [0, 0.1) is 28.6 Å². The molecule has 1 aliphatic carbocycles. The summed E-state index contributed by atoms with van der Waals surface area (Å²) in [6.45, 7) is 0. The van der Waals surface area contributed by atoms with E-state index in [1.807, 2.05) is 0 Å². The van der Waals surface area contributed by atoms with Crippen LogP contribution in [0.5, 0.6) is 0 Å². The number of hydrogen-bond donors (Lipinski definition) is 1. The molecular formula is C8H4F3N3. The second-order valence-corrected chi connectivity index (χ2v) is 2.72. The van der Waals surface area contributed by atoms with E-state index in [1.165, 1.54) is 12.1 Å². The normalized spacial score (nSPS) is 31.9. The molecule has 0 aromatic carbocycles. The second kappa shape index (κ2) is 3.17. The van der Waals surface area contributed by atoms with Crippen LogP contribution in [0.25, 0.3) is 0 Å². The van der Waals surface area contributed by atoms with Crippen molar-refractivity contribution in [2.75, 3.05) is 0 Å². The lowest BCUT2D eigenvalue weighted by Crippen LogP contribution is -2.43. The zero-order valence-electron chi connectivity index (χ0n) is 6.76. The maximum absolute atomic E-state index is 13.3. The summed E-state index contributed by atoms with van der Waals surface area (Å²) in [6.07, 6.45) is 0.150. The van der Waals surface area contributed by atoms with Crippen LogP contribution < -0.4 is 5.73 Å². The molecule has 0 aromatic heterocycles. The summed E-state index contributed by atoms with van der Waals surface area (Å²) in [5.74, 6) is -7.75. The van der Waals surface area contributed by atoms with Crippen molar-refractivity contribution in [3.63, 3.8) is 0 Å². The molecular weight excluding hydrogens is 195 g/mol. The second-order valence-electron chi connectivity index (χ2n) is 2.72. The first-order valence-corrected chi connectivity index (χ1v) is 3.50. The number of nitrogens with zero attached hydrogens (tertiary/aromatic N) is 2. The number of hydrogen-bond acceptors (Lipinski definition) is 3. The Labute approximate surface area is 77.5 Å². The van der Waals surface area contributed by atoms with Gasteiger partial charge in [-0.15, -0.1) is 0 Å². The fourth-order valence-electron chi connectivity index (χ4n) is 1.09. The topological polar surface area (TPSA) is 73.6 Å². The zero-order valence-corrected chi connectivity index (χ0v) is 6.76. The Balaban J connectivity index is 3.37. The third kappa shape index (κ3) is 1.36. The lowest BCUT2D eigenvalue weighted by atomic mass is 9.86. The first kappa shape index (κ1) is 10.3. The van der Waals surface area contributed by atoms with Crippen LogP contribution in [-0.2, 0) is 0 Å². The maximum Gasteiger partial charge on any atom is 0.202 e. The monoisotopic (exact) mass is 199 g/mol. The zero-order chi connectivity index (χ0) is 10.9. The lowest BCUT2D eigenvalue weighted by molar-refractivity contribution is 0.189. The lowest BCUT2D eigenvalue weighted by Gasteiger charge is -2.24. The summed E-state index contributed by atoms with van der Waals surface area (Å²) in [7, 11) is 0. The van der Waals surface area contributed by atoms with Gasteiger partial charge in [-0.1, -0.05) is 0 Å². The van der Waals surface area contributed by atoms with Crippen LogP contribution in [0.4, 0.5) is 13.2 Å². The van der Waals surface area contributed by atoms with Gasteiger partial charge in [0.2, 0.25) is 5.79 Å². The minimum absolute atomic E-state index is 0.150. The van der Waals surface area contributed by atoms with Crippen LogP contribution in [0.1, 0.15) is 0 Å². The quantitative estimate of drug-likeness (QED) is 0.598. The van der Waals surface area contributed by atoms with Crippen molar-refractivity contribution in [3.8, 4) is 12.1 Å². The van der Waals surface area contributed by atoms with E-state index in [1.54, 1.807) is 0 Å². The third-order valence-electron chi connectivity index (χ3n) is 1.77. The molecule has 1 aliphatic rings. The van der Waals surface area contributed by atoms with Crippen LogP contribution in [0.15, 0.2) is 23.3 Å². The van der Waals surface area contributed by atoms with Gasteiger partial charge < -0.3 is 0 Å². The van der Waals surface area contributed by atoms with Gasteiger partial charge in [0.05, 0.1) is 17.7 Å². The summed E-state index contributed by atoms with van der Waals surface area (Å²) in [6, 6.07) is 2.54. The summed E-state index contributed by atoms with van der Waals surface area (Å²) in [5.41, 5.74) is 3.97. The highest BCUT2D eigenvalue weighted by molar-refractivity contribution is 5.46. The molecule has 2 unspecified atom stereocenters. The molecule has 0 heterocycles. The van der Waals surface area contributed by atoms with E-state index in [0.717, 1.165) is 0 Å². The minimum atomic E-state index is -2.85. The summed E-state index contributed by atoms with van der Waals surface area (Å²) >= 11 is 0. The maximum atomic E-state index is 13.3. The molecule has 14 heavy (non-hydrogen) atoms. The Morgan fingerprint density at radius 2 is 2.00 bits per heavy atom. The number of alkyl halides is 1. The fourth-order valence-corrected chi connectivity index (χ4v) is 1.09. The van der Waals surface area contributed by atoms with E-state index in [9.17, 15) is 13.2 Å². The summed E-state index contributed by atoms with van der Waals surface area (Å²) < 4.78 is 38.8. The average molecular weight is 199 g/mol. The fraction of sp³-hybridized carbons (Fsp3) is 0.250. The van der Waals surface area contributed by atoms with E-state index in [4.69, 9.17) is 16.3 Å². The highest BCUT2D eigenvalue weighted by Gasteiger charge is 2.43. The molecule has 0 spiro atoms. The Bertz CT molecular complexity index is 409. The summed E-state index contributed by atoms with van der Waals surface area (Å²) in [5, 5.41) is 16.9. The average Bonchev–Trinajstić information content (AvgIpc) is 2.09. The SMILES string of the molecule is N#CC1=C(F)C(F)=CC(N)(F)C1C#N. The number of nitriles is 2. The largest absolute Gasteiger partial charge is 0.294 e. The van der Waals surface area contributed by atoms with Gasteiger partial charge in [0.25, 0.3) is 0 Å². The molecule has 0 saturated carbocycles. The van der Waals surface area contributed by atoms with Crippen molar-refractivity contribution in [2.24, 2.45) is 11.7 Å². The van der Waals surface area contributed by atoms with Crippen molar-refractivity contribution in [2.45, 2.75) is 5.79 Å². The van der Waals surface area contributed by atoms with Gasteiger partial charge in [0.15, 0.2) is 11.7 Å². The van der Waals surface area contributed by atoms with Gasteiger partial charge >= 0.3 is 0 Å². The molecule has 1 rings (SSSR count). The number of halogens is 3. The molecule has 0 saturated heterocycles. The summed E-state index contributed by atoms with van der Waals surface area (Å²) in [4.78, 5) is 0. The van der Waals surface area contributed by atoms with E-state index in [2.05, 4.69) is 0 Å². The Morgan fingerprint density at radius 3 is 2.43 bits per heavy atom. The predicted molar refractivity (Wildman–Crippen MR) is 40.1 cm³/mol. The van der Waals surface area contributed by atoms with E-state index in [0.29, 0.717) is 0 Å². The molecule has 0 fully saturated rings. The molecule has 0 aromatic rings. The van der Waals surface area contributed by atoms with Crippen LogP contribution >= 0.6 is 0 Å². The predicted octanol–water partition coefficient (Wildman–Crippen LogP) is 1.36. The van der Waals surface area contributed by atoms with Crippen molar-refractivity contribution in [1.29, 1.82) is 10.5 Å². The third-order valence-corrected chi connectivity index (χ3v) is 1.77. The van der Waals surface area contributed by atoms with Gasteiger partial charge in [0.1, 0.15) is 5.92 Å². The van der Waals surface area contributed by atoms with Crippen molar-refractivity contribution in [1.82, 2.24) is 0 Å². The molecule has 2 N–H and O–H groups in total. The molecule has 0 aliphatic heterocycles. The molecule has 0 radical (unpaired) electrons. The smallest absolute Gasteiger partial charge is 0.202 e. The first-order valence-electron chi connectivity index (χ1n) is 3.50. The van der Waals surface area contributed by atoms with Gasteiger partial charge in [-0.3, -0.25) is 5.73 Å². The van der Waals surface area contributed by atoms with Crippen molar-refractivity contribution < 1.29 is 13.2 Å². The van der Waals surface area contributed by atoms with E-state index < -0.39 is 28.9 Å². The molecule has 72 valence electrons. The first-order chi connectivity index (χ1) is 6.44. The molecule has 0 bridgehead atoms. The number of rotatable bonds is 0. The van der Waals surface area contributed by atoms with Crippen LogP contribution in [0.3, 0.4) is 0 Å². The van der Waals surface area contributed by atoms with Gasteiger partial charge in [0, 0.05) is 6.08 Å². The van der Waals surface area contributed by atoms with Crippen LogP contribution in [-0.4, -0.2) is 5.79 Å². The van der Waals surface area contributed by atoms with Gasteiger partial charge in [-0.05, 0) is 0 Å². The molecule has 2 atom stereocenters. The van der Waals surface area contributed by atoms with Gasteiger partial charge in [-0.25, -0.2) is 13.2 Å². The highest BCUT2D eigenvalue weighted by atomic mass is 19.2. The molecule has 0 amide bonds. The molecule has 3 nitrogen and oxygen atoms in total. The Morgan fingerprint density at radius 1 is 1.43 bits per heavy atom. The molecule has 6 heteroatoms. The van der Waals surface area contributed by atoms with E-state index in [-0.39, 0.29) is 6.08 Å². The number of nitrogens with two attached hydrogens (primary N) is 1. The van der Waals surface area contributed by atoms with Crippen LogP contribution in [0.2, 0.25) is 0 Å². The Hall–Kier alpha value is -1.79. The minimum Gasteiger partial charge on any atom is -0.294 e. The van der Waals surface area contributed by atoms with Crippen molar-refractivity contribution >= 4 is 0 Å². The highest BCUT2D eigenvalue weighted by Crippen LogP contribution is 2.36.